The fraction of sp³-hybridized carbons (Fsp3) is 0.167. The van der Waals surface area contributed by atoms with Crippen molar-refractivity contribution in [1.29, 1.82) is 0 Å². The lowest BCUT2D eigenvalue weighted by molar-refractivity contribution is 0.0982. The summed E-state index contributed by atoms with van der Waals surface area (Å²) in [5.74, 6) is 0.272. The van der Waals surface area contributed by atoms with Crippen LogP contribution in [0.5, 0.6) is 0 Å². The van der Waals surface area contributed by atoms with Crippen LogP contribution >= 0.6 is 0 Å². The van der Waals surface area contributed by atoms with E-state index >= 15 is 0 Å². The highest BCUT2D eigenvalue weighted by atomic mass is 16.1. The molecule has 3 aromatic rings. The summed E-state index contributed by atoms with van der Waals surface area (Å²) < 4.78 is 2.22. The Morgan fingerprint density at radius 3 is 2.55 bits per heavy atom. The fourth-order valence-corrected chi connectivity index (χ4v) is 3.39. The first-order valence-electron chi connectivity index (χ1n) is 6.96. The molecule has 1 aromatic heterocycles. The molecule has 0 bridgehead atoms. The van der Waals surface area contributed by atoms with Gasteiger partial charge in [-0.25, -0.2) is 0 Å². The van der Waals surface area contributed by atoms with Crippen molar-refractivity contribution in [2.75, 3.05) is 0 Å². The van der Waals surface area contributed by atoms with Crippen LogP contribution in [0, 0.1) is 0 Å². The normalized spacial score (nSPS) is 13.9. The van der Waals surface area contributed by atoms with Crippen molar-refractivity contribution in [3.63, 3.8) is 0 Å². The van der Waals surface area contributed by atoms with Gasteiger partial charge in [0.25, 0.3) is 0 Å². The van der Waals surface area contributed by atoms with Crippen molar-refractivity contribution >= 4 is 16.7 Å². The van der Waals surface area contributed by atoms with E-state index in [0.29, 0.717) is 6.42 Å². The minimum absolute atomic E-state index is 0.272. The maximum Gasteiger partial charge on any atom is 0.163 e. The van der Waals surface area contributed by atoms with Crippen LogP contribution in [-0.4, -0.2) is 10.4 Å². The summed E-state index contributed by atoms with van der Waals surface area (Å²) >= 11 is 0. The van der Waals surface area contributed by atoms with Crippen molar-refractivity contribution in [1.82, 2.24) is 4.57 Å². The summed E-state index contributed by atoms with van der Waals surface area (Å²) in [6.07, 6.45) is 1.47. The average molecular weight is 261 g/mol. The Kier molecular flexibility index (Phi) is 2.34. The Morgan fingerprint density at radius 2 is 1.75 bits per heavy atom. The molecule has 1 heterocycles. The summed E-state index contributed by atoms with van der Waals surface area (Å²) in [6.45, 7) is 0. The first-order valence-corrected chi connectivity index (χ1v) is 6.96. The smallest absolute Gasteiger partial charge is 0.163 e. The predicted molar refractivity (Wildman–Crippen MR) is 81.0 cm³/mol. The third kappa shape index (κ3) is 1.42. The molecule has 0 fully saturated rings. The van der Waals surface area contributed by atoms with E-state index in [2.05, 4.69) is 41.9 Å². The summed E-state index contributed by atoms with van der Waals surface area (Å²) in [5.41, 5.74) is 5.84. The molecule has 4 rings (SSSR count). The monoisotopic (exact) mass is 261 g/mol. The highest BCUT2D eigenvalue weighted by molar-refractivity contribution is 6.12. The molecule has 98 valence electrons. The number of benzene rings is 2. The Morgan fingerprint density at radius 1 is 0.950 bits per heavy atom. The van der Waals surface area contributed by atoms with Crippen molar-refractivity contribution in [2.24, 2.45) is 7.05 Å². The number of hydrogen-bond donors (Lipinski definition) is 0. The second kappa shape index (κ2) is 4.07. The summed E-state index contributed by atoms with van der Waals surface area (Å²) in [7, 11) is 2.09. The molecule has 0 amide bonds. The molecule has 1 aliphatic carbocycles. The molecular formula is C18H15NO. The van der Waals surface area contributed by atoms with Crippen LogP contribution in [0.25, 0.3) is 22.2 Å². The molecule has 0 spiro atoms. The first-order chi connectivity index (χ1) is 9.77. The number of carbonyl (C=O) groups is 1. The molecule has 0 saturated carbocycles. The van der Waals surface area contributed by atoms with Gasteiger partial charge < -0.3 is 4.57 Å². The molecule has 2 heteroatoms. The number of Topliss-reactive ketones (excluding diaryl/α,β-unsaturated/α-hetero) is 1. The van der Waals surface area contributed by atoms with Gasteiger partial charge in [0.2, 0.25) is 0 Å². The van der Waals surface area contributed by atoms with Gasteiger partial charge in [-0.3, -0.25) is 4.79 Å². The van der Waals surface area contributed by atoms with Crippen LogP contribution in [0.15, 0.2) is 48.5 Å². The number of hydrogen-bond acceptors (Lipinski definition) is 1. The summed E-state index contributed by atoms with van der Waals surface area (Å²) in [6, 6.07) is 16.5. The van der Waals surface area contributed by atoms with Crippen LogP contribution in [0.4, 0.5) is 0 Å². The number of aromatic nitrogens is 1. The van der Waals surface area contributed by atoms with Crippen LogP contribution in [0.1, 0.15) is 22.3 Å². The van der Waals surface area contributed by atoms with E-state index < -0.39 is 0 Å². The van der Waals surface area contributed by atoms with Crippen LogP contribution in [0.3, 0.4) is 0 Å². The summed E-state index contributed by atoms with van der Waals surface area (Å²) in [4.78, 5) is 12.1. The van der Waals surface area contributed by atoms with E-state index in [9.17, 15) is 4.79 Å². The first kappa shape index (κ1) is 11.5. The molecule has 2 nitrogen and oxygen atoms in total. The Hall–Kier alpha value is -2.35. The van der Waals surface area contributed by atoms with Gasteiger partial charge in [-0.2, -0.15) is 0 Å². The van der Waals surface area contributed by atoms with Gasteiger partial charge in [-0.15, -0.1) is 0 Å². The van der Waals surface area contributed by atoms with Gasteiger partial charge in [-0.1, -0.05) is 42.5 Å². The van der Waals surface area contributed by atoms with E-state index in [4.69, 9.17) is 0 Å². The molecule has 0 saturated heterocycles. The average Bonchev–Trinajstić information content (AvgIpc) is 2.78. The number of ketones is 1. The standard InChI is InChI=1S/C18H15NO/c1-19-15-9-5-8-13-16(20)11-10-14(17(13)15)18(19)12-6-3-2-4-7-12/h2-9H,10-11H2,1H3. The maximum atomic E-state index is 12.1. The van der Waals surface area contributed by atoms with Crippen LogP contribution in [-0.2, 0) is 13.5 Å². The lowest BCUT2D eigenvalue weighted by Crippen LogP contribution is -2.07. The second-order valence-corrected chi connectivity index (χ2v) is 5.38. The van der Waals surface area contributed by atoms with E-state index in [1.54, 1.807) is 0 Å². The number of nitrogens with zero attached hydrogens (tertiary/aromatic N) is 1. The van der Waals surface area contributed by atoms with Crippen molar-refractivity contribution in [2.45, 2.75) is 12.8 Å². The fourth-order valence-electron chi connectivity index (χ4n) is 3.39. The quantitative estimate of drug-likeness (QED) is 0.649. The Labute approximate surface area is 117 Å². The van der Waals surface area contributed by atoms with Crippen molar-refractivity contribution in [3.05, 3.63) is 59.7 Å². The lowest BCUT2D eigenvalue weighted by Gasteiger charge is -2.12. The number of aryl methyl sites for hydroxylation is 2. The second-order valence-electron chi connectivity index (χ2n) is 5.38. The van der Waals surface area contributed by atoms with E-state index in [1.807, 2.05) is 18.2 Å². The molecule has 1 aliphatic rings. The zero-order chi connectivity index (χ0) is 13.7. The number of rotatable bonds is 1. The third-order valence-corrected chi connectivity index (χ3v) is 4.28. The Balaban J connectivity index is 2.15. The van der Waals surface area contributed by atoms with E-state index in [1.165, 1.54) is 16.8 Å². The van der Waals surface area contributed by atoms with Gasteiger partial charge in [0.05, 0.1) is 5.69 Å². The largest absolute Gasteiger partial charge is 0.343 e. The minimum atomic E-state index is 0.272. The zero-order valence-electron chi connectivity index (χ0n) is 11.4. The van der Waals surface area contributed by atoms with Crippen LogP contribution in [0.2, 0.25) is 0 Å². The maximum absolute atomic E-state index is 12.1. The zero-order valence-corrected chi connectivity index (χ0v) is 11.4. The van der Waals surface area contributed by atoms with Gasteiger partial charge in [0.1, 0.15) is 0 Å². The molecular weight excluding hydrogens is 246 g/mol. The SMILES string of the molecule is Cn1c(-c2ccccc2)c2c3c(cccc31)C(=O)CC2. The van der Waals surface area contributed by atoms with Crippen LogP contribution < -0.4 is 0 Å². The highest BCUT2D eigenvalue weighted by Crippen LogP contribution is 2.38. The van der Waals surface area contributed by atoms with Gasteiger partial charge in [0.15, 0.2) is 5.78 Å². The van der Waals surface area contributed by atoms with Gasteiger partial charge in [0, 0.05) is 29.9 Å². The molecule has 0 unspecified atom stereocenters. The molecule has 20 heavy (non-hydrogen) atoms. The van der Waals surface area contributed by atoms with E-state index in [0.717, 1.165) is 22.9 Å². The van der Waals surface area contributed by atoms with Crippen molar-refractivity contribution < 1.29 is 4.79 Å². The minimum Gasteiger partial charge on any atom is -0.343 e. The molecule has 0 radical (unpaired) electrons. The third-order valence-electron chi connectivity index (χ3n) is 4.28. The van der Waals surface area contributed by atoms with Gasteiger partial charge >= 0.3 is 0 Å². The topological polar surface area (TPSA) is 22.0 Å². The number of carbonyl (C=O) groups excluding carboxylic acids is 1. The van der Waals surface area contributed by atoms with Gasteiger partial charge in [-0.05, 0) is 23.6 Å². The lowest BCUT2D eigenvalue weighted by atomic mass is 9.89. The molecule has 2 aromatic carbocycles. The summed E-state index contributed by atoms with van der Waals surface area (Å²) in [5, 5.41) is 1.16. The molecule has 0 atom stereocenters. The molecule has 0 aliphatic heterocycles. The van der Waals surface area contributed by atoms with Crippen molar-refractivity contribution in [3.8, 4) is 11.3 Å². The Bertz CT molecular complexity index is 827. The molecule has 0 N–H and O–H groups in total. The van der Waals surface area contributed by atoms with E-state index in [-0.39, 0.29) is 5.78 Å². The highest BCUT2D eigenvalue weighted by Gasteiger charge is 2.25. The predicted octanol–water partition coefficient (Wildman–Crippen LogP) is 3.97.